The molecule has 3 N–H and O–H groups in total. The number of halogens is 6. The van der Waals surface area contributed by atoms with E-state index in [9.17, 15) is 22.4 Å². The molecule has 0 radical (unpaired) electrons. The molecule has 2 aliphatic carbocycles. The van der Waals surface area contributed by atoms with E-state index in [-0.39, 0.29) is 52.7 Å². The molecule has 1 fully saturated rings. The minimum Gasteiger partial charge on any atom is -0.383 e. The predicted octanol–water partition coefficient (Wildman–Crippen LogP) is 5.61. The third-order valence-electron chi connectivity index (χ3n) is 8.65. The van der Waals surface area contributed by atoms with Crippen LogP contribution in [-0.2, 0) is 23.7 Å². The van der Waals surface area contributed by atoms with Crippen molar-refractivity contribution < 1.29 is 31.1 Å². The van der Waals surface area contributed by atoms with Crippen LogP contribution in [0.25, 0.3) is 16.9 Å². The summed E-state index contributed by atoms with van der Waals surface area (Å²) in [6, 6.07) is 5.18. The molecule has 244 valence electrons. The summed E-state index contributed by atoms with van der Waals surface area (Å²) in [6.45, 7) is 3.10. The minimum atomic E-state index is -3.43. The van der Waals surface area contributed by atoms with Crippen molar-refractivity contribution in [3.8, 4) is 11.1 Å². The highest BCUT2D eigenvalue weighted by atomic mass is 19.3. The number of amides is 1. The molecule has 5 aromatic rings. The summed E-state index contributed by atoms with van der Waals surface area (Å²) < 4.78 is 88.5. The van der Waals surface area contributed by atoms with Gasteiger partial charge in [-0.1, -0.05) is 19.9 Å². The Bertz CT molecular complexity index is 2000. The van der Waals surface area contributed by atoms with Gasteiger partial charge in [-0.05, 0) is 48.4 Å². The van der Waals surface area contributed by atoms with Crippen LogP contribution in [0.5, 0.6) is 0 Å². The number of nitrogen functional groups attached to an aromatic ring is 1. The number of benzene rings is 1. The molecule has 3 atom stereocenters. The van der Waals surface area contributed by atoms with Crippen molar-refractivity contribution >= 4 is 17.5 Å². The number of rotatable bonds is 9. The van der Waals surface area contributed by atoms with E-state index in [0.29, 0.717) is 16.3 Å². The second kappa shape index (κ2) is 11.1. The second-order valence-electron chi connectivity index (χ2n) is 12.1. The first-order valence-corrected chi connectivity index (χ1v) is 14.8. The Kier molecular flexibility index (Phi) is 7.20. The number of alkyl halides is 4. The number of pyridine rings is 1. The number of hydrogen-bond donors (Lipinski definition) is 2. The number of nitrogens with two attached hydrogens (primary N) is 1. The minimum absolute atomic E-state index is 0.0445. The third-order valence-corrected chi connectivity index (χ3v) is 8.65. The van der Waals surface area contributed by atoms with Gasteiger partial charge in [-0.15, -0.1) is 0 Å². The summed E-state index contributed by atoms with van der Waals surface area (Å²) >= 11 is 0. The average molecular weight is 656 g/mol. The summed E-state index contributed by atoms with van der Waals surface area (Å²) in [5.74, 6) is -7.70. The van der Waals surface area contributed by atoms with E-state index in [1.807, 2.05) is 13.8 Å². The van der Waals surface area contributed by atoms with Crippen LogP contribution in [0.2, 0.25) is 0 Å². The van der Waals surface area contributed by atoms with Gasteiger partial charge in [0.15, 0.2) is 0 Å². The fourth-order valence-electron chi connectivity index (χ4n) is 6.46. The molecule has 0 spiro atoms. The standard InChI is InChI=1S/C31H27F6N9O/c1-13(2)20-4-3-15(10-39-20)23-25(43-30-40-12-41-46(30)29(23)38)21(7-14-5-16(32)8-17(33)6-14)42-22(47)11-45-27-24(26(44-45)28(34)35)18-9-19(18)31(27,36)37/h3-6,8,10,12-13,18-19,21,28H,7,9,11,38H2,1-2H3,(H,42,47). The van der Waals surface area contributed by atoms with Gasteiger partial charge in [0.25, 0.3) is 18.1 Å². The molecule has 1 amide bonds. The molecule has 10 nitrogen and oxygen atoms in total. The molecule has 4 heterocycles. The van der Waals surface area contributed by atoms with Gasteiger partial charge in [0.1, 0.15) is 41.7 Å². The van der Waals surface area contributed by atoms with Gasteiger partial charge in [0.2, 0.25) is 5.91 Å². The lowest BCUT2D eigenvalue weighted by Gasteiger charge is -2.23. The van der Waals surface area contributed by atoms with E-state index < -0.39 is 65.7 Å². The summed E-state index contributed by atoms with van der Waals surface area (Å²) in [5.41, 5.74) is 6.66. The number of hydrogen-bond acceptors (Lipinski definition) is 7. The SMILES string of the molecule is CC(C)c1ccc(-c2c(C(Cc3cc(F)cc(F)c3)NC(=O)Cn3nc(C(F)F)c4c3C(F)(F)C3CC43)nc3ncnn3c2N)cn1. The van der Waals surface area contributed by atoms with Crippen LogP contribution in [0.3, 0.4) is 0 Å². The van der Waals surface area contributed by atoms with Crippen LogP contribution >= 0.6 is 0 Å². The van der Waals surface area contributed by atoms with Crippen molar-refractivity contribution in [1.29, 1.82) is 0 Å². The van der Waals surface area contributed by atoms with Gasteiger partial charge in [-0.25, -0.2) is 22.5 Å². The molecular formula is C31H27F6N9O. The molecule has 7 rings (SSSR count). The van der Waals surface area contributed by atoms with Crippen molar-refractivity contribution in [2.24, 2.45) is 5.92 Å². The largest absolute Gasteiger partial charge is 0.383 e. The number of nitrogens with zero attached hydrogens (tertiary/aromatic N) is 7. The molecule has 0 saturated heterocycles. The third kappa shape index (κ3) is 5.24. The second-order valence-corrected chi connectivity index (χ2v) is 12.1. The lowest BCUT2D eigenvalue weighted by molar-refractivity contribution is -0.123. The molecule has 4 aromatic heterocycles. The quantitative estimate of drug-likeness (QED) is 0.198. The van der Waals surface area contributed by atoms with Crippen molar-refractivity contribution in [1.82, 2.24) is 39.7 Å². The Morgan fingerprint density at radius 1 is 1.11 bits per heavy atom. The maximum Gasteiger partial charge on any atom is 0.293 e. The first-order valence-electron chi connectivity index (χ1n) is 14.8. The van der Waals surface area contributed by atoms with Gasteiger partial charge >= 0.3 is 0 Å². The highest BCUT2D eigenvalue weighted by Crippen LogP contribution is 2.68. The van der Waals surface area contributed by atoms with E-state index in [4.69, 9.17) is 5.73 Å². The topological polar surface area (TPSA) is 129 Å². The maximum absolute atomic E-state index is 15.2. The average Bonchev–Trinajstić information content (AvgIpc) is 3.39. The number of aromatic nitrogens is 7. The zero-order chi connectivity index (χ0) is 33.4. The maximum atomic E-state index is 15.2. The highest BCUT2D eigenvalue weighted by molar-refractivity contribution is 5.80. The van der Waals surface area contributed by atoms with Gasteiger partial charge in [-0.3, -0.25) is 14.5 Å². The van der Waals surface area contributed by atoms with Crippen LogP contribution in [0.15, 0.2) is 42.9 Å². The Hall–Kier alpha value is -5.02. The van der Waals surface area contributed by atoms with Crippen molar-refractivity contribution in [3.63, 3.8) is 0 Å². The molecule has 1 aromatic carbocycles. The number of fused-ring (bicyclic) bond motifs is 4. The number of carbonyl (C=O) groups is 1. The predicted molar refractivity (Wildman–Crippen MR) is 155 cm³/mol. The fraction of sp³-hybridized carbons (Fsp3) is 0.355. The zero-order valence-electron chi connectivity index (χ0n) is 24.9. The van der Waals surface area contributed by atoms with Crippen LogP contribution in [-0.4, -0.2) is 40.3 Å². The molecule has 16 heteroatoms. The number of nitrogens with one attached hydrogen (secondary N) is 1. The molecule has 2 aliphatic rings. The van der Waals surface area contributed by atoms with Gasteiger partial charge < -0.3 is 11.1 Å². The Labute approximate surface area is 263 Å². The van der Waals surface area contributed by atoms with Crippen LogP contribution in [0.4, 0.5) is 32.2 Å². The molecule has 0 aliphatic heterocycles. The monoisotopic (exact) mass is 655 g/mol. The smallest absolute Gasteiger partial charge is 0.293 e. The molecular weight excluding hydrogens is 628 g/mol. The number of carbonyl (C=O) groups excluding carboxylic acids is 1. The summed E-state index contributed by atoms with van der Waals surface area (Å²) in [6.07, 6.45) is -0.508. The van der Waals surface area contributed by atoms with E-state index >= 15 is 8.78 Å². The van der Waals surface area contributed by atoms with Gasteiger partial charge in [0, 0.05) is 40.6 Å². The van der Waals surface area contributed by atoms with Gasteiger partial charge in [-0.2, -0.15) is 28.5 Å². The van der Waals surface area contributed by atoms with Crippen molar-refractivity contribution in [2.45, 2.75) is 63.5 Å². The van der Waals surface area contributed by atoms with E-state index in [1.54, 1.807) is 18.3 Å². The zero-order valence-corrected chi connectivity index (χ0v) is 24.9. The summed E-state index contributed by atoms with van der Waals surface area (Å²) in [4.78, 5) is 26.8. The van der Waals surface area contributed by atoms with Crippen LogP contribution in [0.1, 0.15) is 78.5 Å². The van der Waals surface area contributed by atoms with Gasteiger partial charge in [0.05, 0.1) is 11.7 Å². The Balaban J connectivity index is 1.31. The fourth-order valence-corrected chi connectivity index (χ4v) is 6.46. The van der Waals surface area contributed by atoms with Crippen LogP contribution < -0.4 is 11.1 Å². The number of anilines is 1. The van der Waals surface area contributed by atoms with Crippen molar-refractivity contribution in [2.75, 3.05) is 5.73 Å². The van der Waals surface area contributed by atoms with E-state index in [0.717, 1.165) is 17.8 Å². The van der Waals surface area contributed by atoms with E-state index in [2.05, 4.69) is 30.5 Å². The summed E-state index contributed by atoms with van der Waals surface area (Å²) in [7, 11) is 0. The highest BCUT2D eigenvalue weighted by Gasteiger charge is 2.67. The first-order chi connectivity index (χ1) is 22.3. The molecule has 1 saturated carbocycles. The molecule has 47 heavy (non-hydrogen) atoms. The first kappa shape index (κ1) is 30.6. The molecule has 3 unspecified atom stereocenters. The lowest BCUT2D eigenvalue weighted by Crippen LogP contribution is -2.35. The Morgan fingerprint density at radius 2 is 1.85 bits per heavy atom. The van der Waals surface area contributed by atoms with Crippen molar-refractivity contribution in [3.05, 3.63) is 88.4 Å². The Morgan fingerprint density at radius 3 is 2.51 bits per heavy atom. The normalized spacial score (nSPS) is 18.5. The lowest BCUT2D eigenvalue weighted by atomic mass is 9.95. The van der Waals surface area contributed by atoms with E-state index in [1.165, 1.54) is 10.8 Å². The molecule has 0 bridgehead atoms. The summed E-state index contributed by atoms with van der Waals surface area (Å²) in [5, 5.41) is 10.5. The van der Waals surface area contributed by atoms with Crippen LogP contribution in [0, 0.1) is 17.6 Å².